The summed E-state index contributed by atoms with van der Waals surface area (Å²) >= 11 is 7.08. The van der Waals surface area contributed by atoms with Crippen molar-refractivity contribution in [2.24, 2.45) is 0 Å². The van der Waals surface area contributed by atoms with Gasteiger partial charge in [-0.3, -0.25) is 4.79 Å². The highest BCUT2D eigenvalue weighted by Crippen LogP contribution is 2.33. The van der Waals surface area contributed by atoms with Gasteiger partial charge in [0.2, 0.25) is 0 Å². The fourth-order valence-electron chi connectivity index (χ4n) is 1.39. The van der Waals surface area contributed by atoms with E-state index < -0.39 is 0 Å². The molecule has 0 amide bonds. The van der Waals surface area contributed by atoms with Crippen LogP contribution in [0.2, 0.25) is 4.34 Å². The number of ketones is 1. The van der Waals surface area contributed by atoms with Crippen LogP contribution in [0.4, 0.5) is 4.39 Å². The second-order valence-electron chi connectivity index (χ2n) is 3.35. The lowest BCUT2D eigenvalue weighted by atomic mass is 10.1. The molecule has 1 nitrogen and oxygen atoms in total. The minimum atomic E-state index is -0.344. The maximum atomic E-state index is 13.6. The van der Waals surface area contributed by atoms with E-state index in [9.17, 15) is 9.18 Å². The molecule has 1 aromatic heterocycles. The first-order valence-electron chi connectivity index (χ1n) is 4.64. The van der Waals surface area contributed by atoms with Gasteiger partial charge >= 0.3 is 0 Å². The fourth-order valence-corrected chi connectivity index (χ4v) is 2.45. The molecule has 16 heavy (non-hydrogen) atoms. The van der Waals surface area contributed by atoms with E-state index in [1.54, 1.807) is 18.2 Å². The van der Waals surface area contributed by atoms with E-state index in [1.807, 2.05) is 0 Å². The molecular weight excluding hydrogens is 247 g/mol. The molecule has 4 heteroatoms. The molecule has 0 bridgehead atoms. The van der Waals surface area contributed by atoms with E-state index in [1.165, 1.54) is 30.4 Å². The van der Waals surface area contributed by atoms with Gasteiger partial charge in [-0.15, -0.1) is 11.3 Å². The Bertz CT molecular complexity index is 548. The van der Waals surface area contributed by atoms with E-state index in [4.69, 9.17) is 11.6 Å². The molecule has 1 aromatic carbocycles. The van der Waals surface area contributed by atoms with Crippen molar-refractivity contribution in [1.82, 2.24) is 0 Å². The van der Waals surface area contributed by atoms with E-state index in [2.05, 4.69) is 0 Å². The average Bonchev–Trinajstić information content (AvgIpc) is 2.65. The van der Waals surface area contributed by atoms with Crippen LogP contribution < -0.4 is 0 Å². The Morgan fingerprint density at radius 2 is 2.06 bits per heavy atom. The molecule has 2 aromatic rings. The summed E-state index contributed by atoms with van der Waals surface area (Å²) in [6.45, 7) is 1.46. The quantitative estimate of drug-likeness (QED) is 0.726. The molecule has 0 spiro atoms. The molecule has 82 valence electrons. The number of carbonyl (C=O) groups excluding carboxylic acids is 1. The first-order valence-corrected chi connectivity index (χ1v) is 5.83. The highest BCUT2D eigenvalue weighted by Gasteiger charge is 2.10. The van der Waals surface area contributed by atoms with Crippen molar-refractivity contribution in [2.45, 2.75) is 6.92 Å². The van der Waals surface area contributed by atoms with Crippen molar-refractivity contribution in [3.8, 4) is 10.4 Å². The van der Waals surface area contributed by atoms with Gasteiger partial charge in [-0.1, -0.05) is 11.6 Å². The van der Waals surface area contributed by atoms with E-state index in [-0.39, 0.29) is 11.6 Å². The lowest BCUT2D eigenvalue weighted by molar-refractivity contribution is 0.101. The summed E-state index contributed by atoms with van der Waals surface area (Å²) < 4.78 is 14.2. The van der Waals surface area contributed by atoms with Gasteiger partial charge in [0.15, 0.2) is 5.78 Å². The molecule has 0 saturated heterocycles. The van der Waals surface area contributed by atoms with Crippen LogP contribution >= 0.6 is 22.9 Å². The van der Waals surface area contributed by atoms with Crippen LogP contribution in [-0.2, 0) is 0 Å². The SMILES string of the molecule is CC(=O)c1ccc(F)c(-c2ccc(Cl)s2)c1. The number of halogens is 2. The number of Topliss-reactive ketones (excluding diaryl/α,β-unsaturated/α-hetero) is 1. The van der Waals surface area contributed by atoms with Crippen LogP contribution in [0, 0.1) is 5.82 Å². The monoisotopic (exact) mass is 254 g/mol. The van der Waals surface area contributed by atoms with Crippen molar-refractivity contribution >= 4 is 28.7 Å². The topological polar surface area (TPSA) is 17.1 Å². The largest absolute Gasteiger partial charge is 0.295 e. The zero-order valence-electron chi connectivity index (χ0n) is 8.46. The summed E-state index contributed by atoms with van der Waals surface area (Å²) in [4.78, 5) is 11.9. The predicted octanol–water partition coefficient (Wildman–Crippen LogP) is 4.41. The molecule has 0 fully saturated rings. The van der Waals surface area contributed by atoms with Crippen LogP contribution in [0.5, 0.6) is 0 Å². The van der Waals surface area contributed by atoms with Gasteiger partial charge < -0.3 is 0 Å². The van der Waals surface area contributed by atoms with Crippen LogP contribution in [0.15, 0.2) is 30.3 Å². The maximum absolute atomic E-state index is 13.6. The average molecular weight is 255 g/mol. The number of rotatable bonds is 2. The van der Waals surface area contributed by atoms with Crippen LogP contribution in [0.3, 0.4) is 0 Å². The Morgan fingerprint density at radius 3 is 2.62 bits per heavy atom. The molecule has 0 saturated carbocycles. The predicted molar refractivity (Wildman–Crippen MR) is 64.7 cm³/mol. The minimum Gasteiger partial charge on any atom is -0.295 e. The lowest BCUT2D eigenvalue weighted by Crippen LogP contribution is -1.93. The fraction of sp³-hybridized carbons (Fsp3) is 0.0833. The summed E-state index contributed by atoms with van der Waals surface area (Å²) in [7, 11) is 0. The van der Waals surface area contributed by atoms with Crippen molar-refractivity contribution in [3.05, 3.63) is 46.0 Å². The summed E-state index contributed by atoms with van der Waals surface area (Å²) in [5, 5.41) is 0. The number of benzene rings is 1. The third kappa shape index (κ3) is 2.15. The number of carbonyl (C=O) groups is 1. The van der Waals surface area contributed by atoms with Crippen molar-refractivity contribution in [2.75, 3.05) is 0 Å². The van der Waals surface area contributed by atoms with Gasteiger partial charge in [0, 0.05) is 16.0 Å². The normalized spacial score (nSPS) is 10.4. The molecule has 2 rings (SSSR count). The summed E-state index contributed by atoms with van der Waals surface area (Å²) in [5.41, 5.74) is 0.922. The second kappa shape index (κ2) is 4.36. The third-order valence-electron chi connectivity index (χ3n) is 2.21. The van der Waals surface area contributed by atoms with E-state index in [0.29, 0.717) is 15.5 Å². The zero-order chi connectivity index (χ0) is 11.7. The van der Waals surface area contributed by atoms with Gasteiger partial charge in [0.25, 0.3) is 0 Å². The van der Waals surface area contributed by atoms with Crippen molar-refractivity contribution < 1.29 is 9.18 Å². The molecule has 0 aliphatic carbocycles. The summed E-state index contributed by atoms with van der Waals surface area (Å²) in [6.07, 6.45) is 0. The third-order valence-corrected chi connectivity index (χ3v) is 3.48. The highest BCUT2D eigenvalue weighted by atomic mass is 35.5. The van der Waals surface area contributed by atoms with Gasteiger partial charge in [-0.05, 0) is 37.3 Å². The second-order valence-corrected chi connectivity index (χ2v) is 5.07. The standard InChI is InChI=1S/C12H8ClFOS/c1-7(15)8-2-3-10(14)9(6-8)11-4-5-12(13)16-11/h2-6H,1H3. The Balaban J connectivity index is 2.55. The Labute approximate surface area is 101 Å². The minimum absolute atomic E-state index is 0.0797. The first kappa shape index (κ1) is 11.3. The molecule has 0 N–H and O–H groups in total. The highest BCUT2D eigenvalue weighted by molar-refractivity contribution is 7.19. The summed E-state index contributed by atoms with van der Waals surface area (Å²) in [6, 6.07) is 7.80. The van der Waals surface area contributed by atoms with Crippen LogP contribution in [0.1, 0.15) is 17.3 Å². The van der Waals surface area contributed by atoms with Crippen molar-refractivity contribution in [3.63, 3.8) is 0 Å². The molecule has 0 aliphatic heterocycles. The van der Waals surface area contributed by atoms with Crippen LogP contribution in [0.25, 0.3) is 10.4 Å². The van der Waals surface area contributed by atoms with E-state index >= 15 is 0 Å². The van der Waals surface area contributed by atoms with Gasteiger partial charge in [0.1, 0.15) is 5.82 Å². The zero-order valence-corrected chi connectivity index (χ0v) is 10.0. The lowest BCUT2D eigenvalue weighted by Gasteiger charge is -2.02. The molecular formula is C12H8ClFOS. The Hall–Kier alpha value is -1.19. The molecule has 0 unspecified atom stereocenters. The van der Waals surface area contributed by atoms with Gasteiger partial charge in [0.05, 0.1) is 4.34 Å². The molecule has 1 heterocycles. The smallest absolute Gasteiger partial charge is 0.159 e. The van der Waals surface area contributed by atoms with Gasteiger partial charge in [-0.25, -0.2) is 4.39 Å². The Morgan fingerprint density at radius 1 is 1.31 bits per heavy atom. The first-order chi connectivity index (χ1) is 7.58. The number of hydrogen-bond acceptors (Lipinski definition) is 2. The van der Waals surface area contributed by atoms with E-state index in [0.717, 1.165) is 4.88 Å². The van der Waals surface area contributed by atoms with Gasteiger partial charge in [-0.2, -0.15) is 0 Å². The Kier molecular flexibility index (Phi) is 3.08. The van der Waals surface area contributed by atoms with Crippen molar-refractivity contribution in [1.29, 1.82) is 0 Å². The van der Waals surface area contributed by atoms with Crippen LogP contribution in [-0.4, -0.2) is 5.78 Å². The summed E-state index contributed by atoms with van der Waals surface area (Å²) in [5.74, 6) is -0.424. The molecule has 0 radical (unpaired) electrons. The molecule has 0 aliphatic rings. The number of hydrogen-bond donors (Lipinski definition) is 0. The maximum Gasteiger partial charge on any atom is 0.159 e. The number of thiophene rings is 1. The molecule has 0 atom stereocenters.